The number of rotatable bonds is 10. The number of aromatic nitrogens is 10. The zero-order valence-electron chi connectivity index (χ0n) is 38.3. The lowest BCUT2D eigenvalue weighted by Crippen LogP contribution is -2.38. The molecule has 2 aromatic carbocycles. The van der Waals surface area contributed by atoms with Crippen LogP contribution in [0.4, 0.5) is 11.9 Å². The average Bonchev–Trinajstić information content (AvgIpc) is 4.22. The SMILES string of the molecule is O=C(Cc1nnc(-c2cnc(NC3Cc4ccccc4C3)nc2)o1)N1CCc2[nH]c(=O)ccc2C1.O=C(O)Cc1nnc(-c2cnc(NC3Cc4ccccc4C3)nc2)o1.O=c1ccc2c([nH]1)CCNC2. The minimum Gasteiger partial charge on any atom is -0.481 e. The summed E-state index contributed by atoms with van der Waals surface area (Å²) in [6.45, 7) is 2.82. The Morgan fingerprint density at radius 1 is 0.606 bits per heavy atom. The van der Waals surface area contributed by atoms with E-state index in [1.165, 1.54) is 33.9 Å². The number of nitrogens with zero attached hydrogens (tertiary/aromatic N) is 9. The van der Waals surface area contributed by atoms with E-state index in [4.69, 9.17) is 13.9 Å². The van der Waals surface area contributed by atoms with Crippen LogP contribution in [0, 0.1) is 0 Å². The number of amides is 1. The van der Waals surface area contributed by atoms with E-state index in [0.717, 1.165) is 62.1 Å². The van der Waals surface area contributed by atoms with E-state index in [2.05, 4.69) is 115 Å². The Kier molecular flexibility index (Phi) is 13.5. The highest BCUT2D eigenvalue weighted by molar-refractivity contribution is 5.78. The predicted octanol–water partition coefficient (Wildman–Crippen LogP) is 3.68. The Labute approximate surface area is 404 Å². The van der Waals surface area contributed by atoms with E-state index in [1.807, 2.05) is 6.07 Å². The monoisotopic (exact) mass is 956 g/mol. The van der Waals surface area contributed by atoms with Gasteiger partial charge in [0.2, 0.25) is 40.7 Å². The summed E-state index contributed by atoms with van der Waals surface area (Å²) in [6.07, 6.45) is 11.5. The van der Waals surface area contributed by atoms with E-state index >= 15 is 0 Å². The van der Waals surface area contributed by atoms with Gasteiger partial charge in [-0.25, -0.2) is 19.9 Å². The molecule has 71 heavy (non-hydrogen) atoms. The summed E-state index contributed by atoms with van der Waals surface area (Å²) < 4.78 is 11.0. The third kappa shape index (κ3) is 11.4. The van der Waals surface area contributed by atoms with Crippen LogP contribution in [0.1, 0.15) is 56.6 Å². The third-order valence-corrected chi connectivity index (χ3v) is 12.5. The number of nitrogens with one attached hydrogen (secondary N) is 5. The maximum Gasteiger partial charge on any atom is 0.312 e. The molecule has 4 aliphatic rings. The summed E-state index contributed by atoms with van der Waals surface area (Å²) in [4.78, 5) is 70.5. The standard InChI is InChI=1S/C25H23N7O3.C17H15N5O3.C8H10N2O/c33-21-6-5-17-14-32(8-7-20(17)29-21)23(34)11-22-30-31-24(35-22)18-12-26-25(27-13-18)28-19-9-15-3-1-2-4-16(15)10-19;23-15(24)7-14-21-22-16(25-14)12-8-18-17(19-9-12)20-13-5-10-3-1-2-4-11(10)6-13;11-8-2-1-6-5-9-4-3-7(6)10-8/h1-6,12-13,19H,7-11,14H2,(H,29,33)(H,26,27,28);1-4,8-9,13H,5-7H2,(H,23,24)(H,18,19,20);1-2,9H,3-5H2,(H,10,11). The smallest absolute Gasteiger partial charge is 0.312 e. The molecule has 360 valence electrons. The first-order chi connectivity index (χ1) is 34.6. The lowest BCUT2D eigenvalue weighted by Gasteiger charge is -2.28. The number of hydrogen-bond acceptors (Lipinski definition) is 17. The Balaban J connectivity index is 0.000000140. The van der Waals surface area contributed by atoms with Crippen LogP contribution in [0.5, 0.6) is 0 Å². The number of carboxylic acids is 1. The molecular formula is C50H48N14O7. The maximum absolute atomic E-state index is 12.8. The minimum atomic E-state index is -1.02. The average molecular weight is 957 g/mol. The van der Waals surface area contributed by atoms with Gasteiger partial charge in [0.05, 0.1) is 11.1 Å². The van der Waals surface area contributed by atoms with Crippen LogP contribution in [0.3, 0.4) is 0 Å². The number of hydrogen-bond donors (Lipinski definition) is 6. The van der Waals surface area contributed by atoms with Crippen molar-refractivity contribution in [1.82, 2.24) is 60.5 Å². The van der Waals surface area contributed by atoms with Crippen LogP contribution in [0.25, 0.3) is 22.9 Å². The summed E-state index contributed by atoms with van der Waals surface area (Å²) in [5.41, 5.74) is 10.6. The summed E-state index contributed by atoms with van der Waals surface area (Å²) in [6, 6.07) is 24.1. The van der Waals surface area contributed by atoms with Gasteiger partial charge in [-0.1, -0.05) is 60.7 Å². The molecule has 6 aromatic heterocycles. The van der Waals surface area contributed by atoms with Crippen molar-refractivity contribution in [3.05, 3.63) is 175 Å². The highest BCUT2D eigenvalue weighted by atomic mass is 16.4. The molecule has 0 bridgehead atoms. The molecule has 0 spiro atoms. The number of carbonyl (C=O) groups excluding carboxylic acids is 1. The number of carboxylic acid groups (broad SMARTS) is 1. The van der Waals surface area contributed by atoms with Gasteiger partial charge in [-0.05, 0) is 59.1 Å². The largest absolute Gasteiger partial charge is 0.481 e. The van der Waals surface area contributed by atoms with Crippen LogP contribution in [0.2, 0.25) is 0 Å². The fraction of sp³-hybridized carbons (Fsp3) is 0.280. The molecule has 6 N–H and O–H groups in total. The molecule has 0 saturated carbocycles. The minimum absolute atomic E-state index is 0.00523. The van der Waals surface area contributed by atoms with Gasteiger partial charge in [0.25, 0.3) is 11.8 Å². The van der Waals surface area contributed by atoms with Crippen LogP contribution in [-0.4, -0.2) is 97.4 Å². The number of pyridine rings is 2. The molecule has 12 rings (SSSR count). The molecule has 21 heteroatoms. The summed E-state index contributed by atoms with van der Waals surface area (Å²) >= 11 is 0. The number of aromatic amines is 2. The highest BCUT2D eigenvalue weighted by Crippen LogP contribution is 2.26. The number of fused-ring (bicyclic) bond motifs is 4. The van der Waals surface area contributed by atoms with Gasteiger partial charge >= 0.3 is 5.97 Å². The van der Waals surface area contributed by atoms with Crippen molar-refractivity contribution in [3.8, 4) is 22.9 Å². The maximum atomic E-state index is 12.8. The number of aliphatic carboxylic acids is 1. The second-order valence-electron chi connectivity index (χ2n) is 17.5. The molecule has 0 saturated heterocycles. The van der Waals surface area contributed by atoms with Gasteiger partial charge in [-0.2, -0.15) is 0 Å². The second-order valence-corrected chi connectivity index (χ2v) is 17.5. The molecule has 1 amide bonds. The quantitative estimate of drug-likeness (QED) is 0.114. The molecule has 2 aliphatic carbocycles. The molecule has 21 nitrogen and oxygen atoms in total. The van der Waals surface area contributed by atoms with E-state index in [0.29, 0.717) is 42.5 Å². The van der Waals surface area contributed by atoms with Gasteiger partial charge in [0.1, 0.15) is 12.8 Å². The summed E-state index contributed by atoms with van der Waals surface area (Å²) in [5, 5.41) is 34.3. The second kappa shape index (κ2) is 20.9. The Hall–Kier alpha value is -8.72. The van der Waals surface area contributed by atoms with Crippen molar-refractivity contribution < 1.29 is 23.5 Å². The molecule has 8 heterocycles. The third-order valence-electron chi connectivity index (χ3n) is 12.5. The topological polar surface area (TPSA) is 289 Å². The zero-order chi connectivity index (χ0) is 48.7. The fourth-order valence-electron chi connectivity index (χ4n) is 9.00. The molecule has 8 aromatic rings. The lowest BCUT2D eigenvalue weighted by molar-refractivity contribution is -0.136. The number of H-pyrrole nitrogens is 2. The molecule has 0 fully saturated rings. The van der Waals surface area contributed by atoms with Crippen molar-refractivity contribution in [2.45, 2.75) is 76.5 Å². The molecule has 2 aliphatic heterocycles. The predicted molar refractivity (Wildman–Crippen MR) is 257 cm³/mol. The Morgan fingerprint density at radius 2 is 1.08 bits per heavy atom. The van der Waals surface area contributed by atoms with E-state index in [1.54, 1.807) is 41.8 Å². The molecule has 0 radical (unpaired) electrons. The number of benzene rings is 2. The van der Waals surface area contributed by atoms with Crippen LogP contribution >= 0.6 is 0 Å². The van der Waals surface area contributed by atoms with Crippen molar-refractivity contribution in [3.63, 3.8) is 0 Å². The van der Waals surface area contributed by atoms with Gasteiger partial charge in [0.15, 0.2) is 0 Å². The van der Waals surface area contributed by atoms with E-state index < -0.39 is 5.97 Å². The fourth-order valence-corrected chi connectivity index (χ4v) is 9.00. The summed E-state index contributed by atoms with van der Waals surface area (Å²) in [5.74, 6) is 0.718. The first-order valence-corrected chi connectivity index (χ1v) is 23.2. The number of anilines is 2. The molecule has 0 unspecified atom stereocenters. The van der Waals surface area contributed by atoms with Gasteiger partial charge in [-0.3, -0.25) is 19.2 Å². The first-order valence-electron chi connectivity index (χ1n) is 23.2. The first kappa shape index (κ1) is 46.0. The molecule has 0 atom stereocenters. The van der Waals surface area contributed by atoms with Crippen molar-refractivity contribution in [1.29, 1.82) is 0 Å². The van der Waals surface area contributed by atoms with E-state index in [9.17, 15) is 19.2 Å². The van der Waals surface area contributed by atoms with Crippen molar-refractivity contribution in [2.24, 2.45) is 0 Å². The zero-order valence-corrected chi connectivity index (χ0v) is 38.3. The van der Waals surface area contributed by atoms with Gasteiger partial charge in [-0.15, -0.1) is 20.4 Å². The van der Waals surface area contributed by atoms with Crippen molar-refractivity contribution in [2.75, 3.05) is 23.7 Å². The highest BCUT2D eigenvalue weighted by Gasteiger charge is 2.25. The normalized spacial score (nSPS) is 14.7. The van der Waals surface area contributed by atoms with Crippen molar-refractivity contribution >= 4 is 23.8 Å². The lowest BCUT2D eigenvalue weighted by atomic mass is 10.1. The van der Waals surface area contributed by atoms with E-state index in [-0.39, 0.29) is 65.5 Å². The van der Waals surface area contributed by atoms with Crippen LogP contribution in [0.15, 0.2) is 116 Å². The van der Waals surface area contributed by atoms with Gasteiger partial charge < -0.3 is 44.8 Å². The van der Waals surface area contributed by atoms with Crippen LogP contribution in [-0.2, 0) is 74.0 Å². The molecular weight excluding hydrogens is 909 g/mol. The summed E-state index contributed by atoms with van der Waals surface area (Å²) in [7, 11) is 0. The Morgan fingerprint density at radius 3 is 1.59 bits per heavy atom. The van der Waals surface area contributed by atoms with Crippen LogP contribution < -0.4 is 27.1 Å². The van der Waals surface area contributed by atoms with Gasteiger partial charge in [0, 0.05) is 99.4 Å². The number of carbonyl (C=O) groups is 2. The Bertz CT molecular complexity index is 3250.